The summed E-state index contributed by atoms with van der Waals surface area (Å²) >= 11 is 8.16. The number of carbonyl (C=O) groups excluding carboxylic acids is 3. The largest absolute Gasteiger partial charge is 0.335 e. The van der Waals surface area contributed by atoms with Crippen LogP contribution in [0.3, 0.4) is 0 Å². The van der Waals surface area contributed by atoms with Crippen LogP contribution in [0.15, 0.2) is 60.2 Å². The van der Waals surface area contributed by atoms with Crippen LogP contribution in [0.1, 0.15) is 17.0 Å². The highest BCUT2D eigenvalue weighted by molar-refractivity contribution is 14.1. The summed E-state index contributed by atoms with van der Waals surface area (Å²) in [6, 6.07) is 15.4. The molecule has 3 aromatic rings. The molecule has 8 heteroatoms. The highest BCUT2D eigenvalue weighted by atomic mass is 127. The van der Waals surface area contributed by atoms with Gasteiger partial charge in [0.25, 0.3) is 11.8 Å². The molecule has 0 atom stereocenters. The van der Waals surface area contributed by atoms with Gasteiger partial charge < -0.3 is 4.57 Å². The highest BCUT2D eigenvalue weighted by Crippen LogP contribution is 2.27. The molecule has 1 aliphatic heterocycles. The first kappa shape index (κ1) is 21.3. The van der Waals surface area contributed by atoms with Crippen molar-refractivity contribution in [2.45, 2.75) is 13.8 Å². The van der Waals surface area contributed by atoms with E-state index < -0.39 is 17.8 Å². The number of hydrogen-bond donors (Lipinski definition) is 1. The highest BCUT2D eigenvalue weighted by Gasteiger charge is 2.37. The molecule has 31 heavy (non-hydrogen) atoms. The lowest BCUT2D eigenvalue weighted by atomic mass is 10.1. The Kier molecular flexibility index (Phi) is 5.72. The first-order valence-electron chi connectivity index (χ1n) is 9.38. The summed E-state index contributed by atoms with van der Waals surface area (Å²) in [5, 5.41) is 2.72. The smallest absolute Gasteiger partial charge is 0.318 e. The van der Waals surface area contributed by atoms with Crippen LogP contribution in [0.2, 0.25) is 5.02 Å². The standard InChI is InChI=1S/C23H17ClIN3O3/c1-13-10-15(14(2)27(13)19-5-3-4-17(25)12-19)11-20-21(29)26-23(31)28(22(20)30)18-8-6-16(24)7-9-18/h3-12H,1-2H3,(H,26,29,31)/b20-11+. The zero-order valence-corrected chi connectivity index (χ0v) is 19.6. The van der Waals surface area contributed by atoms with Crippen LogP contribution in [0.25, 0.3) is 11.8 Å². The Balaban J connectivity index is 1.76. The van der Waals surface area contributed by atoms with Crippen molar-refractivity contribution in [1.29, 1.82) is 0 Å². The number of rotatable bonds is 3. The maximum absolute atomic E-state index is 13.1. The lowest BCUT2D eigenvalue weighted by Gasteiger charge is -2.26. The van der Waals surface area contributed by atoms with Gasteiger partial charge in [-0.15, -0.1) is 0 Å². The Morgan fingerprint density at radius 3 is 2.35 bits per heavy atom. The maximum Gasteiger partial charge on any atom is 0.335 e. The second kappa shape index (κ2) is 8.32. The van der Waals surface area contributed by atoms with E-state index in [0.29, 0.717) is 10.7 Å². The molecule has 2 aromatic carbocycles. The van der Waals surface area contributed by atoms with Gasteiger partial charge in [0.15, 0.2) is 0 Å². The zero-order valence-electron chi connectivity index (χ0n) is 16.6. The van der Waals surface area contributed by atoms with E-state index in [2.05, 4.69) is 38.5 Å². The van der Waals surface area contributed by atoms with Gasteiger partial charge in [-0.05, 0) is 96.6 Å². The fourth-order valence-electron chi connectivity index (χ4n) is 3.58. The van der Waals surface area contributed by atoms with Crippen LogP contribution in [0, 0.1) is 17.4 Å². The van der Waals surface area contributed by atoms with Crippen molar-refractivity contribution in [2.24, 2.45) is 0 Å². The Morgan fingerprint density at radius 2 is 1.68 bits per heavy atom. The molecule has 0 bridgehead atoms. The van der Waals surface area contributed by atoms with E-state index in [1.165, 1.54) is 6.08 Å². The van der Waals surface area contributed by atoms with Crippen molar-refractivity contribution >= 4 is 63.8 Å². The molecule has 6 nitrogen and oxygen atoms in total. The molecular weight excluding hydrogens is 529 g/mol. The molecule has 4 amide bonds. The Morgan fingerprint density at radius 1 is 0.968 bits per heavy atom. The van der Waals surface area contributed by atoms with E-state index in [0.717, 1.165) is 31.1 Å². The van der Waals surface area contributed by atoms with Crippen molar-refractivity contribution in [1.82, 2.24) is 9.88 Å². The summed E-state index contributed by atoms with van der Waals surface area (Å²) in [6.07, 6.45) is 1.53. The molecule has 0 aliphatic carbocycles. The molecular formula is C23H17ClIN3O3. The number of halogens is 2. The lowest BCUT2D eigenvalue weighted by molar-refractivity contribution is -0.122. The molecule has 1 fully saturated rings. The van der Waals surface area contributed by atoms with Gasteiger partial charge in [-0.25, -0.2) is 9.69 Å². The average molecular weight is 546 g/mol. The van der Waals surface area contributed by atoms with E-state index in [9.17, 15) is 14.4 Å². The monoisotopic (exact) mass is 545 g/mol. The van der Waals surface area contributed by atoms with E-state index in [-0.39, 0.29) is 5.57 Å². The minimum atomic E-state index is -0.793. The summed E-state index contributed by atoms with van der Waals surface area (Å²) in [4.78, 5) is 38.9. The number of aromatic nitrogens is 1. The number of benzene rings is 2. The second-order valence-electron chi connectivity index (χ2n) is 7.08. The fraction of sp³-hybridized carbons (Fsp3) is 0.0870. The number of aryl methyl sites for hydroxylation is 1. The first-order chi connectivity index (χ1) is 14.8. The Labute approximate surface area is 197 Å². The number of hydrogen-bond acceptors (Lipinski definition) is 3. The SMILES string of the molecule is Cc1cc(/C=C2\C(=O)NC(=O)N(c3ccc(Cl)cc3)C2=O)c(C)n1-c1cccc(I)c1. The first-order valence-corrected chi connectivity index (χ1v) is 10.8. The van der Waals surface area contributed by atoms with Crippen LogP contribution in [-0.2, 0) is 9.59 Å². The van der Waals surface area contributed by atoms with Crippen molar-refractivity contribution in [2.75, 3.05) is 4.90 Å². The van der Waals surface area contributed by atoms with Crippen LogP contribution in [-0.4, -0.2) is 22.4 Å². The number of imide groups is 2. The van der Waals surface area contributed by atoms with Crippen molar-refractivity contribution in [3.8, 4) is 5.69 Å². The van der Waals surface area contributed by atoms with E-state index in [4.69, 9.17) is 11.6 Å². The molecule has 0 spiro atoms. The molecule has 156 valence electrons. The molecule has 1 aliphatic rings. The average Bonchev–Trinajstić information content (AvgIpc) is 2.99. The predicted octanol–water partition coefficient (Wildman–Crippen LogP) is 5.02. The van der Waals surface area contributed by atoms with Crippen LogP contribution >= 0.6 is 34.2 Å². The molecule has 1 N–H and O–H groups in total. The van der Waals surface area contributed by atoms with Crippen molar-refractivity contribution in [3.05, 3.63) is 85.7 Å². The summed E-state index contributed by atoms with van der Waals surface area (Å²) < 4.78 is 3.16. The molecule has 1 aromatic heterocycles. The van der Waals surface area contributed by atoms with Crippen LogP contribution in [0.5, 0.6) is 0 Å². The van der Waals surface area contributed by atoms with Gasteiger partial charge in [-0.3, -0.25) is 14.9 Å². The number of amides is 4. The fourth-order valence-corrected chi connectivity index (χ4v) is 4.24. The Bertz CT molecular complexity index is 1260. The Hall–Kier alpha value is -2.91. The van der Waals surface area contributed by atoms with E-state index in [1.54, 1.807) is 24.3 Å². The number of urea groups is 1. The van der Waals surface area contributed by atoms with Gasteiger partial charge in [0, 0.05) is 25.7 Å². The van der Waals surface area contributed by atoms with E-state index >= 15 is 0 Å². The van der Waals surface area contributed by atoms with Crippen LogP contribution < -0.4 is 10.2 Å². The van der Waals surface area contributed by atoms with Crippen LogP contribution in [0.4, 0.5) is 10.5 Å². The molecule has 1 saturated heterocycles. The molecule has 0 radical (unpaired) electrons. The summed E-state index contributed by atoms with van der Waals surface area (Å²) in [5.41, 5.74) is 3.76. The third kappa shape index (κ3) is 4.03. The van der Waals surface area contributed by atoms with Gasteiger partial charge in [-0.2, -0.15) is 0 Å². The minimum Gasteiger partial charge on any atom is -0.318 e. The number of carbonyl (C=O) groups is 3. The summed E-state index contributed by atoms with van der Waals surface area (Å²) in [7, 11) is 0. The van der Waals surface area contributed by atoms with Crippen molar-refractivity contribution < 1.29 is 14.4 Å². The molecule has 4 rings (SSSR count). The van der Waals surface area contributed by atoms with Gasteiger partial charge in [0.2, 0.25) is 0 Å². The van der Waals surface area contributed by atoms with Gasteiger partial charge in [-0.1, -0.05) is 17.7 Å². The quantitative estimate of drug-likeness (QED) is 0.286. The maximum atomic E-state index is 13.1. The number of nitrogens with zero attached hydrogens (tertiary/aromatic N) is 2. The third-order valence-electron chi connectivity index (χ3n) is 5.02. The second-order valence-corrected chi connectivity index (χ2v) is 8.76. The normalized spacial score (nSPS) is 15.5. The summed E-state index contributed by atoms with van der Waals surface area (Å²) in [6.45, 7) is 3.88. The number of anilines is 1. The number of nitrogens with one attached hydrogen (secondary N) is 1. The molecule has 0 unspecified atom stereocenters. The summed E-state index contributed by atoms with van der Waals surface area (Å²) in [5.74, 6) is -1.41. The molecule has 0 saturated carbocycles. The molecule has 2 heterocycles. The zero-order chi connectivity index (χ0) is 22.3. The van der Waals surface area contributed by atoms with Gasteiger partial charge >= 0.3 is 6.03 Å². The number of barbiturate groups is 1. The van der Waals surface area contributed by atoms with Gasteiger partial charge in [0.1, 0.15) is 5.57 Å². The van der Waals surface area contributed by atoms with E-state index in [1.807, 2.05) is 38.1 Å². The van der Waals surface area contributed by atoms with Gasteiger partial charge in [0.05, 0.1) is 5.69 Å². The third-order valence-corrected chi connectivity index (χ3v) is 5.95. The predicted molar refractivity (Wildman–Crippen MR) is 128 cm³/mol. The van der Waals surface area contributed by atoms with Crippen molar-refractivity contribution in [3.63, 3.8) is 0 Å². The topological polar surface area (TPSA) is 71.4 Å². The minimum absolute atomic E-state index is 0.113. The lowest BCUT2D eigenvalue weighted by Crippen LogP contribution is -2.54.